The van der Waals surface area contributed by atoms with E-state index in [0.29, 0.717) is 48.3 Å². The average molecular weight is 868 g/mol. The zero-order valence-corrected chi connectivity index (χ0v) is 36.6. The number of hydrogen-bond donors (Lipinski definition) is 9. The first kappa shape index (κ1) is 45.3. The van der Waals surface area contributed by atoms with Crippen LogP contribution in [0.5, 0.6) is 0 Å². The van der Waals surface area contributed by atoms with Crippen LogP contribution in [0.2, 0.25) is 0 Å². The Morgan fingerprint density at radius 2 is 1.36 bits per heavy atom. The molecule has 8 fully saturated rings. The lowest BCUT2D eigenvalue weighted by molar-refractivity contribution is -0.393. The summed E-state index contributed by atoms with van der Waals surface area (Å²) >= 11 is 0. The summed E-state index contributed by atoms with van der Waals surface area (Å²) in [6.45, 7) is 13.2. The van der Waals surface area contributed by atoms with Crippen molar-refractivity contribution in [3.05, 3.63) is 11.6 Å². The van der Waals surface area contributed by atoms with Gasteiger partial charge in [0, 0.05) is 12.5 Å². The van der Waals surface area contributed by atoms with E-state index < -0.39 is 98.7 Å². The van der Waals surface area contributed by atoms with Crippen LogP contribution in [0.25, 0.3) is 0 Å². The summed E-state index contributed by atoms with van der Waals surface area (Å²) in [4.78, 5) is 0. The zero-order chi connectivity index (χ0) is 43.5. The van der Waals surface area contributed by atoms with Crippen molar-refractivity contribution >= 4 is 0 Å². The predicted octanol–water partition coefficient (Wildman–Crippen LogP) is 0.815. The highest BCUT2D eigenvalue weighted by Gasteiger charge is 2.68. The van der Waals surface area contributed by atoms with E-state index in [1.165, 1.54) is 38.7 Å². The molecule has 0 radical (unpaired) electrons. The van der Waals surface area contributed by atoms with Gasteiger partial charge in [0.1, 0.15) is 66.8 Å². The van der Waals surface area contributed by atoms with Gasteiger partial charge >= 0.3 is 0 Å². The maximum atomic E-state index is 11.6. The Morgan fingerprint density at radius 3 is 1.98 bits per heavy atom. The highest BCUT2D eigenvalue weighted by atomic mass is 16.8. The van der Waals surface area contributed by atoms with Crippen LogP contribution in [0.15, 0.2) is 11.6 Å². The van der Waals surface area contributed by atoms with Crippen molar-refractivity contribution in [1.82, 2.24) is 5.32 Å². The summed E-state index contributed by atoms with van der Waals surface area (Å²) in [6, 6.07) is 0. The summed E-state index contributed by atoms with van der Waals surface area (Å²) in [5.74, 6) is 3.40. The van der Waals surface area contributed by atoms with Crippen molar-refractivity contribution < 1.29 is 74.0 Å². The van der Waals surface area contributed by atoms with Gasteiger partial charge in [0.25, 0.3) is 0 Å². The predicted molar refractivity (Wildman–Crippen MR) is 215 cm³/mol. The molecule has 5 heterocycles. The van der Waals surface area contributed by atoms with Crippen LogP contribution in [0.3, 0.4) is 0 Å². The Hall–Kier alpha value is -0.900. The van der Waals surface area contributed by atoms with Crippen molar-refractivity contribution in [2.24, 2.45) is 46.3 Å². The minimum atomic E-state index is -1.73. The maximum Gasteiger partial charge on any atom is 0.187 e. The molecule has 5 aliphatic heterocycles. The summed E-state index contributed by atoms with van der Waals surface area (Å²) < 4.78 is 44.1. The molecule has 3 saturated carbocycles. The summed E-state index contributed by atoms with van der Waals surface area (Å²) in [5.41, 5.74) is 1.38. The van der Waals surface area contributed by atoms with Crippen molar-refractivity contribution in [1.29, 1.82) is 0 Å². The second-order valence-electron chi connectivity index (χ2n) is 21.2. The molecule has 16 heteroatoms. The third-order valence-corrected chi connectivity index (χ3v) is 17.9. The van der Waals surface area contributed by atoms with Gasteiger partial charge in [0.2, 0.25) is 0 Å². The fourth-order valence-electron chi connectivity index (χ4n) is 14.1. The first-order chi connectivity index (χ1) is 28.9. The molecule has 26 atom stereocenters. The molecule has 0 bridgehead atoms. The normalized spacial score (nSPS) is 58.4. The van der Waals surface area contributed by atoms with E-state index in [-0.39, 0.29) is 28.8 Å². The van der Waals surface area contributed by atoms with E-state index in [1.807, 2.05) is 0 Å². The lowest BCUT2D eigenvalue weighted by atomic mass is 9.47. The third kappa shape index (κ3) is 7.42. The number of nitrogens with one attached hydrogen (secondary N) is 1. The fraction of sp³-hybridized carbons (Fsp3) is 0.956. The van der Waals surface area contributed by atoms with Crippen LogP contribution >= 0.6 is 0 Å². The van der Waals surface area contributed by atoms with E-state index in [1.54, 1.807) is 0 Å². The van der Waals surface area contributed by atoms with Crippen molar-refractivity contribution in [2.75, 3.05) is 13.2 Å². The Balaban J connectivity index is 0.937. The van der Waals surface area contributed by atoms with Crippen LogP contribution in [0, 0.1) is 46.3 Å². The largest absolute Gasteiger partial charge is 0.394 e. The molecule has 0 unspecified atom stereocenters. The molecule has 4 aliphatic carbocycles. The zero-order valence-electron chi connectivity index (χ0n) is 36.6. The highest BCUT2D eigenvalue weighted by Crippen LogP contribution is 2.70. The number of allylic oxidation sites excluding steroid dienone is 1. The molecule has 0 aromatic rings. The Labute approximate surface area is 359 Å². The number of hydrogen-bond acceptors (Lipinski definition) is 16. The SMILES string of the molecule is C[C@@H]1CC[C@]2(NC1)O[C@H]1C[C@H]3[C@@H]4CC=C5C[C@@H](O[C@H]6O[C@@H](CO)[C@H](O)[C@@H](O[C@@H]7O[C@H](C)[C@@H](O)[C@H](O)[C@@H]7O)[C@@H]6O[C@@H]6O[C@H](C)[C@@H](O)[C@H](O)[C@@H]6O)CC[C@]5(C)[C@@H]4CC[C@]3(C)[C@H]1[C@@H]2C. The monoisotopic (exact) mass is 867 g/mol. The first-order valence-corrected chi connectivity index (χ1v) is 23.3. The Morgan fingerprint density at radius 1 is 0.705 bits per heavy atom. The Kier molecular flexibility index (Phi) is 12.4. The highest BCUT2D eigenvalue weighted by molar-refractivity contribution is 5.26. The summed E-state index contributed by atoms with van der Waals surface area (Å²) in [7, 11) is 0. The van der Waals surface area contributed by atoms with Gasteiger partial charge in [-0.15, -0.1) is 0 Å². The van der Waals surface area contributed by atoms with E-state index in [2.05, 4.69) is 39.1 Å². The minimum absolute atomic E-state index is 0.0148. The molecular formula is C45H73NO15. The molecule has 61 heavy (non-hydrogen) atoms. The van der Waals surface area contributed by atoms with Crippen molar-refractivity contribution in [2.45, 2.75) is 209 Å². The maximum absolute atomic E-state index is 11.6. The number of fused-ring (bicyclic) bond motifs is 7. The number of rotatable bonds is 7. The topological polar surface area (TPSA) is 238 Å². The van der Waals surface area contributed by atoms with Crippen LogP contribution < -0.4 is 5.32 Å². The smallest absolute Gasteiger partial charge is 0.187 e. The molecular weight excluding hydrogens is 794 g/mol. The summed E-state index contributed by atoms with van der Waals surface area (Å²) in [6.07, 6.45) is -10.2. The van der Waals surface area contributed by atoms with Gasteiger partial charge in [-0.2, -0.15) is 0 Å². The fourth-order valence-corrected chi connectivity index (χ4v) is 14.1. The van der Waals surface area contributed by atoms with E-state index in [4.69, 9.17) is 33.2 Å². The third-order valence-electron chi connectivity index (χ3n) is 17.9. The lowest BCUT2D eigenvalue weighted by Crippen LogP contribution is -2.67. The minimum Gasteiger partial charge on any atom is -0.394 e. The standard InChI is InChI=1S/C45H73NO15/c1-19-9-14-45(46-17-19)20(2)30-28(61-45)16-27-25-8-7-23-15-24(10-12-43(23,5)26(25)11-13-44(27,30)6)57-42-39(60-41-37(54)35(52)32(49)22(4)56-41)38(33(50)29(18-47)58-42)59-40-36(53)34(51)31(48)21(3)55-40/h7,19-22,24-42,46-54H,8-18H2,1-6H3/t19-,20+,21-,22-,24+,25-,26-,27+,28+,29+,30+,31-,32-,33+,34+,35+,36+,37+,38-,39+,40+,41+,42+,43+,44+,45+/m1/s1. The average Bonchev–Trinajstić information content (AvgIpc) is 3.69. The second kappa shape index (κ2) is 16.8. The Bertz CT molecular complexity index is 1600. The summed E-state index contributed by atoms with van der Waals surface area (Å²) in [5, 5.41) is 89.7. The molecule has 16 nitrogen and oxygen atoms in total. The van der Waals surface area contributed by atoms with Crippen molar-refractivity contribution in [3.8, 4) is 0 Å². The molecule has 9 N–H and O–H groups in total. The van der Waals surface area contributed by atoms with Gasteiger partial charge in [-0.05, 0) is 112 Å². The van der Waals surface area contributed by atoms with Gasteiger partial charge < -0.3 is 74.0 Å². The molecule has 1 spiro atoms. The van der Waals surface area contributed by atoms with Gasteiger partial charge in [0.05, 0.1) is 31.0 Å². The van der Waals surface area contributed by atoms with Gasteiger partial charge in [-0.25, -0.2) is 0 Å². The molecule has 348 valence electrons. The van der Waals surface area contributed by atoms with Crippen LogP contribution in [0.1, 0.15) is 99.3 Å². The molecule has 9 aliphatic rings. The van der Waals surface area contributed by atoms with Gasteiger partial charge in [-0.3, -0.25) is 5.32 Å². The molecule has 0 aromatic heterocycles. The number of ether oxygens (including phenoxy) is 7. The number of aliphatic hydroxyl groups excluding tert-OH is 8. The molecule has 0 aromatic carbocycles. The van der Waals surface area contributed by atoms with Gasteiger partial charge in [-0.1, -0.05) is 39.3 Å². The molecule has 9 rings (SSSR count). The number of aliphatic hydroxyl groups is 8. The quantitative estimate of drug-likeness (QED) is 0.161. The van der Waals surface area contributed by atoms with Crippen LogP contribution in [-0.4, -0.2) is 164 Å². The van der Waals surface area contributed by atoms with E-state index in [0.717, 1.165) is 32.2 Å². The van der Waals surface area contributed by atoms with Crippen molar-refractivity contribution in [3.63, 3.8) is 0 Å². The second-order valence-corrected chi connectivity index (χ2v) is 21.2. The first-order valence-electron chi connectivity index (χ1n) is 23.3. The molecule has 5 saturated heterocycles. The van der Waals surface area contributed by atoms with Gasteiger partial charge in [0.15, 0.2) is 18.9 Å². The lowest BCUT2D eigenvalue weighted by Gasteiger charge is -2.59. The van der Waals surface area contributed by atoms with E-state index in [9.17, 15) is 40.9 Å². The molecule has 0 amide bonds. The van der Waals surface area contributed by atoms with E-state index >= 15 is 0 Å². The number of piperidine rings is 1. The van der Waals surface area contributed by atoms with Crippen LogP contribution in [-0.2, 0) is 33.2 Å². The van der Waals surface area contributed by atoms with Crippen LogP contribution in [0.4, 0.5) is 0 Å².